The van der Waals surface area contributed by atoms with Gasteiger partial charge in [-0.3, -0.25) is 24.1 Å². The van der Waals surface area contributed by atoms with Crippen LogP contribution in [0.5, 0.6) is 5.75 Å². The van der Waals surface area contributed by atoms with E-state index in [4.69, 9.17) is 4.42 Å². The quantitative estimate of drug-likeness (QED) is 0.161. The monoisotopic (exact) mass is 646 g/mol. The van der Waals surface area contributed by atoms with Crippen LogP contribution in [0.3, 0.4) is 0 Å². The van der Waals surface area contributed by atoms with Gasteiger partial charge in [-0.2, -0.15) is 0 Å². The van der Waals surface area contributed by atoms with Crippen LogP contribution in [0.2, 0.25) is 0 Å². The summed E-state index contributed by atoms with van der Waals surface area (Å²) in [5, 5.41) is 10.9. The third-order valence-electron chi connectivity index (χ3n) is 9.25. The molecule has 216 valence electrons. The lowest BCUT2D eigenvalue weighted by molar-refractivity contribution is -0.123. The van der Waals surface area contributed by atoms with E-state index in [1.54, 1.807) is 48.5 Å². The molecule has 3 aromatic carbocycles. The highest BCUT2D eigenvalue weighted by molar-refractivity contribution is 9.12. The highest BCUT2D eigenvalue weighted by Gasteiger charge is 2.56. The topological polar surface area (TPSA) is 118 Å². The SMILES string of the molecule is O=C1C=C(Br)C(=O)C2=C1C(c1ccccc1O)C1=CCC3C(=O)N(c4ccc(-c5nc6ccccc6o5)cc4)C(=O)C3C1C2. The molecule has 1 saturated heterocycles. The fourth-order valence-electron chi connectivity index (χ4n) is 7.30. The zero-order chi connectivity index (χ0) is 30.3. The number of allylic oxidation sites excluding steroid dienone is 6. The number of phenols is 1. The fourth-order valence-corrected chi connectivity index (χ4v) is 7.74. The number of carbonyl (C=O) groups is 4. The van der Waals surface area contributed by atoms with Crippen molar-refractivity contribution in [3.63, 3.8) is 0 Å². The van der Waals surface area contributed by atoms with Crippen molar-refractivity contribution < 1.29 is 28.7 Å². The predicted molar refractivity (Wildman–Crippen MR) is 165 cm³/mol. The fraction of sp³-hybridized carbons (Fsp3) is 0.171. The van der Waals surface area contributed by atoms with Crippen LogP contribution in [0.15, 0.2) is 111 Å². The second-order valence-electron chi connectivity index (χ2n) is 11.5. The Morgan fingerprint density at radius 1 is 0.886 bits per heavy atom. The summed E-state index contributed by atoms with van der Waals surface area (Å²) in [6, 6.07) is 21.2. The molecule has 8 rings (SSSR count). The molecule has 8 nitrogen and oxygen atoms in total. The van der Waals surface area contributed by atoms with Crippen LogP contribution in [0.4, 0.5) is 5.69 Å². The van der Waals surface area contributed by atoms with E-state index in [1.165, 1.54) is 11.0 Å². The van der Waals surface area contributed by atoms with Crippen molar-refractivity contribution in [3.05, 3.63) is 112 Å². The van der Waals surface area contributed by atoms with Gasteiger partial charge in [0.05, 0.1) is 22.0 Å². The van der Waals surface area contributed by atoms with Crippen molar-refractivity contribution in [1.82, 2.24) is 4.98 Å². The molecule has 0 spiro atoms. The van der Waals surface area contributed by atoms with Gasteiger partial charge in [0, 0.05) is 34.3 Å². The number of aromatic nitrogens is 1. The molecule has 1 aromatic heterocycles. The number of oxazole rings is 1. The van der Waals surface area contributed by atoms with E-state index in [0.29, 0.717) is 45.9 Å². The normalized spacial score (nSPS) is 24.7. The number of imide groups is 1. The van der Waals surface area contributed by atoms with E-state index in [2.05, 4.69) is 20.9 Å². The van der Waals surface area contributed by atoms with Gasteiger partial charge < -0.3 is 9.52 Å². The van der Waals surface area contributed by atoms with Crippen LogP contribution >= 0.6 is 15.9 Å². The van der Waals surface area contributed by atoms with Gasteiger partial charge in [0.1, 0.15) is 11.3 Å². The number of phenolic OH excluding ortho intramolecular Hbond substituents is 1. The van der Waals surface area contributed by atoms with Gasteiger partial charge in [-0.25, -0.2) is 4.98 Å². The number of hydrogen-bond donors (Lipinski definition) is 1. The largest absolute Gasteiger partial charge is 0.508 e. The van der Waals surface area contributed by atoms with Gasteiger partial charge in [0.25, 0.3) is 0 Å². The Balaban J connectivity index is 1.17. The van der Waals surface area contributed by atoms with Gasteiger partial charge in [0.15, 0.2) is 17.1 Å². The first-order valence-electron chi connectivity index (χ1n) is 14.3. The number of halogens is 1. The first-order chi connectivity index (χ1) is 21.3. The van der Waals surface area contributed by atoms with Gasteiger partial charge >= 0.3 is 0 Å². The van der Waals surface area contributed by atoms with Crippen molar-refractivity contribution >= 4 is 56.1 Å². The molecular formula is C35H23BrN2O6. The van der Waals surface area contributed by atoms with Crippen LogP contribution in [0, 0.1) is 17.8 Å². The number of benzene rings is 3. The summed E-state index contributed by atoms with van der Waals surface area (Å²) in [6.45, 7) is 0. The van der Waals surface area contributed by atoms with Gasteiger partial charge in [-0.15, -0.1) is 0 Å². The number of carbonyl (C=O) groups excluding carboxylic acids is 4. The second-order valence-corrected chi connectivity index (χ2v) is 12.4. The number of fused-ring (bicyclic) bond motifs is 4. The van der Waals surface area contributed by atoms with Crippen molar-refractivity contribution in [3.8, 4) is 17.2 Å². The smallest absolute Gasteiger partial charge is 0.238 e. The zero-order valence-electron chi connectivity index (χ0n) is 23.1. The number of hydrogen-bond acceptors (Lipinski definition) is 7. The summed E-state index contributed by atoms with van der Waals surface area (Å²) in [6.07, 6.45) is 3.68. The minimum atomic E-state index is -0.714. The summed E-state index contributed by atoms with van der Waals surface area (Å²) >= 11 is 3.24. The molecule has 4 unspecified atom stereocenters. The molecule has 1 N–H and O–H groups in total. The number of aromatic hydroxyl groups is 1. The van der Waals surface area contributed by atoms with Gasteiger partial charge in [-0.05, 0) is 77.2 Å². The molecule has 4 atom stereocenters. The first kappa shape index (κ1) is 26.7. The molecule has 44 heavy (non-hydrogen) atoms. The molecule has 9 heteroatoms. The second kappa shape index (κ2) is 9.82. The minimum absolute atomic E-state index is 0.00336. The summed E-state index contributed by atoms with van der Waals surface area (Å²) in [7, 11) is 0. The van der Waals surface area contributed by atoms with Gasteiger partial charge in [0.2, 0.25) is 17.7 Å². The van der Waals surface area contributed by atoms with Crippen LogP contribution in [0.1, 0.15) is 24.3 Å². The van der Waals surface area contributed by atoms with Crippen molar-refractivity contribution in [2.24, 2.45) is 17.8 Å². The lowest BCUT2D eigenvalue weighted by Crippen LogP contribution is -2.39. The summed E-state index contributed by atoms with van der Waals surface area (Å²) in [5.74, 6) is -3.34. The Hall–Kier alpha value is -4.89. The maximum atomic E-state index is 14.2. The Bertz CT molecular complexity index is 2020. The summed E-state index contributed by atoms with van der Waals surface area (Å²) in [4.78, 5) is 60.5. The Morgan fingerprint density at radius 3 is 2.41 bits per heavy atom. The molecule has 0 bridgehead atoms. The highest BCUT2D eigenvalue weighted by Crippen LogP contribution is 2.56. The Kier molecular flexibility index (Phi) is 5.96. The number of nitrogens with zero attached hydrogens (tertiary/aromatic N) is 2. The highest BCUT2D eigenvalue weighted by atomic mass is 79.9. The van der Waals surface area contributed by atoms with Crippen LogP contribution in [-0.4, -0.2) is 33.5 Å². The van der Waals surface area contributed by atoms with Crippen LogP contribution < -0.4 is 4.90 Å². The van der Waals surface area contributed by atoms with E-state index in [9.17, 15) is 24.3 Å². The van der Waals surface area contributed by atoms with E-state index >= 15 is 0 Å². The number of anilines is 1. The zero-order valence-corrected chi connectivity index (χ0v) is 24.7. The average Bonchev–Trinajstić information content (AvgIpc) is 3.58. The van der Waals surface area contributed by atoms with Crippen molar-refractivity contribution in [2.45, 2.75) is 18.8 Å². The van der Waals surface area contributed by atoms with Crippen molar-refractivity contribution in [1.29, 1.82) is 0 Å². The third kappa shape index (κ3) is 3.85. The molecule has 4 aliphatic rings. The molecule has 0 radical (unpaired) electrons. The number of amides is 2. The molecular weight excluding hydrogens is 624 g/mol. The van der Waals surface area contributed by atoms with Gasteiger partial charge in [-0.1, -0.05) is 42.0 Å². The van der Waals surface area contributed by atoms with E-state index in [1.807, 2.05) is 30.3 Å². The average molecular weight is 647 g/mol. The number of rotatable bonds is 3. The molecule has 1 aliphatic heterocycles. The molecule has 2 amide bonds. The predicted octanol–water partition coefficient (Wildman–Crippen LogP) is 6.17. The summed E-state index contributed by atoms with van der Waals surface area (Å²) < 4.78 is 6.03. The van der Waals surface area contributed by atoms with Crippen LogP contribution in [0.25, 0.3) is 22.6 Å². The number of para-hydroxylation sites is 3. The van der Waals surface area contributed by atoms with Crippen LogP contribution in [-0.2, 0) is 19.2 Å². The lowest BCUT2D eigenvalue weighted by atomic mass is 9.59. The summed E-state index contributed by atoms with van der Waals surface area (Å²) in [5.41, 5.74) is 4.47. The maximum absolute atomic E-state index is 14.2. The maximum Gasteiger partial charge on any atom is 0.238 e. The molecule has 4 aromatic rings. The molecule has 2 heterocycles. The van der Waals surface area contributed by atoms with Crippen molar-refractivity contribution in [2.75, 3.05) is 4.90 Å². The number of Topliss-reactive ketones (excluding diaryl/α,β-unsaturated/α-hetero) is 1. The number of ketones is 2. The Labute approximate surface area is 259 Å². The van der Waals surface area contributed by atoms with E-state index < -0.39 is 23.7 Å². The Morgan fingerprint density at radius 2 is 1.64 bits per heavy atom. The first-order valence-corrected chi connectivity index (χ1v) is 15.1. The molecule has 3 aliphatic carbocycles. The molecule has 1 fully saturated rings. The lowest BCUT2D eigenvalue weighted by Gasteiger charge is -2.42. The van der Waals surface area contributed by atoms with E-state index in [0.717, 1.165) is 11.1 Å². The van der Waals surface area contributed by atoms with E-state index in [-0.39, 0.29) is 40.0 Å². The standard InChI is InChI=1S/C35H23BrN2O6/c36-24-16-27(40)31-23(32(24)41)15-22-19(29(31)20-5-1-3-7-26(20)39)13-14-21-30(22)35(43)38(34(21)42)18-11-9-17(10-12-18)33-37-25-6-2-4-8-28(25)44-33/h1-13,16,21-22,29-30,39H,14-15H2. The minimum Gasteiger partial charge on any atom is -0.508 e. The third-order valence-corrected chi connectivity index (χ3v) is 9.83. The molecule has 0 saturated carbocycles.